The summed E-state index contributed by atoms with van der Waals surface area (Å²) in [7, 11) is 2.97. The molecule has 1 aromatic rings. The number of pyridine rings is 1. The summed E-state index contributed by atoms with van der Waals surface area (Å²) in [4.78, 5) is 16.2. The molecule has 1 aromatic heterocycles. The van der Waals surface area contributed by atoms with Gasteiger partial charge in [0.25, 0.3) is 0 Å². The van der Waals surface area contributed by atoms with Crippen molar-refractivity contribution >= 4 is 17.3 Å². The maximum Gasteiger partial charge on any atom is 0.433 e. The molecule has 0 spiro atoms. The monoisotopic (exact) mass is 306 g/mol. The van der Waals surface area contributed by atoms with E-state index >= 15 is 0 Å². The minimum Gasteiger partial charge on any atom is -0.396 e. The number of alkyl halides is 3. The van der Waals surface area contributed by atoms with Crippen molar-refractivity contribution in [2.24, 2.45) is 0 Å². The number of aromatic nitrogens is 1. The lowest BCUT2D eigenvalue weighted by Gasteiger charge is -2.21. The van der Waals surface area contributed by atoms with Gasteiger partial charge in [-0.25, -0.2) is 4.98 Å². The van der Waals surface area contributed by atoms with E-state index in [-0.39, 0.29) is 23.8 Å². The number of nitrogens with one attached hydrogen (secondary N) is 1. The Morgan fingerprint density at radius 3 is 2.76 bits per heavy atom. The summed E-state index contributed by atoms with van der Waals surface area (Å²) in [6.07, 6.45) is -3.64. The molecule has 21 heavy (non-hydrogen) atoms. The van der Waals surface area contributed by atoms with E-state index in [2.05, 4.69) is 10.3 Å². The Kier molecular flexibility index (Phi) is 5.77. The van der Waals surface area contributed by atoms with Crippen LogP contribution in [0.25, 0.3) is 0 Å². The van der Waals surface area contributed by atoms with Gasteiger partial charge in [0.2, 0.25) is 5.91 Å². The Bertz CT molecular complexity index is 494. The molecule has 0 aliphatic heterocycles. The highest BCUT2D eigenvalue weighted by molar-refractivity contribution is 5.82. The van der Waals surface area contributed by atoms with Crippen molar-refractivity contribution in [2.75, 3.05) is 44.5 Å². The van der Waals surface area contributed by atoms with Gasteiger partial charge in [0.15, 0.2) is 0 Å². The number of rotatable bonds is 6. The fourth-order valence-electron chi connectivity index (χ4n) is 1.59. The highest BCUT2D eigenvalue weighted by atomic mass is 19.4. The first-order valence-corrected chi connectivity index (χ1v) is 6.05. The van der Waals surface area contributed by atoms with Gasteiger partial charge in [-0.15, -0.1) is 0 Å². The summed E-state index contributed by atoms with van der Waals surface area (Å²) in [5.41, 5.74) is 4.71. The van der Waals surface area contributed by atoms with Crippen LogP contribution in [0.15, 0.2) is 12.3 Å². The van der Waals surface area contributed by atoms with Gasteiger partial charge in [-0.2, -0.15) is 13.2 Å². The van der Waals surface area contributed by atoms with E-state index in [9.17, 15) is 18.0 Å². The van der Waals surface area contributed by atoms with Crippen molar-refractivity contribution < 1.29 is 22.7 Å². The third-order valence-corrected chi connectivity index (χ3v) is 2.62. The highest BCUT2D eigenvalue weighted by Gasteiger charge is 2.33. The third-order valence-electron chi connectivity index (χ3n) is 2.62. The van der Waals surface area contributed by atoms with E-state index in [0.29, 0.717) is 13.2 Å². The van der Waals surface area contributed by atoms with Crippen molar-refractivity contribution in [3.05, 3.63) is 18.0 Å². The zero-order valence-corrected chi connectivity index (χ0v) is 11.7. The number of methoxy groups -OCH3 is 1. The third kappa shape index (κ3) is 5.10. The molecule has 1 amide bonds. The predicted octanol–water partition coefficient (Wildman–Crippen LogP) is 0.881. The zero-order valence-electron chi connectivity index (χ0n) is 11.7. The Balaban J connectivity index is 2.77. The molecule has 0 aliphatic rings. The average molecular weight is 306 g/mol. The number of nitrogens with two attached hydrogens (primary N) is 1. The first-order chi connectivity index (χ1) is 9.75. The van der Waals surface area contributed by atoms with Crippen molar-refractivity contribution in [3.63, 3.8) is 0 Å². The number of nitrogens with zero attached hydrogens (tertiary/aromatic N) is 2. The van der Waals surface area contributed by atoms with Crippen LogP contribution in [0.3, 0.4) is 0 Å². The smallest absolute Gasteiger partial charge is 0.396 e. The quantitative estimate of drug-likeness (QED) is 0.763. The van der Waals surface area contributed by atoms with Crippen molar-refractivity contribution in [3.8, 4) is 0 Å². The lowest BCUT2D eigenvalue weighted by molar-refractivity contribution is -0.141. The second-order valence-corrected chi connectivity index (χ2v) is 4.32. The number of nitrogen functional groups attached to an aromatic ring is 1. The summed E-state index contributed by atoms with van der Waals surface area (Å²) in [5.74, 6) is -0.348. The summed E-state index contributed by atoms with van der Waals surface area (Å²) >= 11 is 0. The minimum atomic E-state index is -4.57. The Hall–Kier alpha value is -2.03. The average Bonchev–Trinajstić information content (AvgIpc) is 2.37. The number of hydrogen-bond acceptors (Lipinski definition) is 5. The zero-order chi connectivity index (χ0) is 16.0. The normalized spacial score (nSPS) is 11.3. The van der Waals surface area contributed by atoms with Gasteiger partial charge in [0.05, 0.1) is 30.7 Å². The first-order valence-electron chi connectivity index (χ1n) is 6.05. The van der Waals surface area contributed by atoms with Crippen LogP contribution in [-0.2, 0) is 15.7 Å². The Labute approximate surface area is 120 Å². The van der Waals surface area contributed by atoms with Gasteiger partial charge in [-0.05, 0) is 6.07 Å². The molecule has 0 radical (unpaired) electrons. The fourth-order valence-corrected chi connectivity index (χ4v) is 1.59. The number of carbonyl (C=O) groups is 1. The van der Waals surface area contributed by atoms with E-state index in [4.69, 9.17) is 10.5 Å². The number of likely N-dealkylation sites (N-methyl/N-ethyl adjacent to an activating group) is 1. The van der Waals surface area contributed by atoms with Gasteiger partial charge in [-0.1, -0.05) is 0 Å². The highest BCUT2D eigenvalue weighted by Crippen LogP contribution is 2.32. The van der Waals surface area contributed by atoms with Crippen LogP contribution in [0, 0.1) is 0 Å². The molecule has 0 aliphatic carbocycles. The Morgan fingerprint density at radius 1 is 1.52 bits per heavy atom. The number of carbonyl (C=O) groups excluding carboxylic acids is 1. The van der Waals surface area contributed by atoms with Crippen LogP contribution in [0.4, 0.5) is 24.5 Å². The lowest BCUT2D eigenvalue weighted by atomic mass is 10.2. The van der Waals surface area contributed by atoms with Crippen molar-refractivity contribution in [1.82, 2.24) is 10.3 Å². The van der Waals surface area contributed by atoms with Gasteiger partial charge >= 0.3 is 6.18 Å². The number of anilines is 2. The first kappa shape index (κ1) is 17.0. The van der Waals surface area contributed by atoms with E-state index in [1.807, 2.05) is 0 Å². The lowest BCUT2D eigenvalue weighted by Crippen LogP contribution is -2.37. The SMILES string of the molecule is COCCNC(=O)CN(C)c1cc(C(F)(F)F)ncc1N. The van der Waals surface area contributed by atoms with Gasteiger partial charge < -0.3 is 20.7 Å². The number of halogens is 3. The molecule has 0 bridgehead atoms. The standard InChI is InChI=1S/C12H17F3N4O2/c1-19(7-11(20)17-3-4-21-2)9-5-10(12(13,14)15)18-6-8(9)16/h5-6H,3-4,7,16H2,1-2H3,(H,17,20). The van der Waals surface area contributed by atoms with Gasteiger partial charge in [-0.3, -0.25) is 4.79 Å². The number of amides is 1. The molecule has 0 saturated carbocycles. The van der Waals surface area contributed by atoms with Gasteiger partial charge in [0.1, 0.15) is 5.69 Å². The van der Waals surface area contributed by atoms with Crippen LogP contribution in [0.1, 0.15) is 5.69 Å². The molecule has 6 nitrogen and oxygen atoms in total. The number of hydrogen-bond donors (Lipinski definition) is 2. The molecule has 118 valence electrons. The summed E-state index contributed by atoms with van der Waals surface area (Å²) in [6, 6.07) is 0.817. The molecule has 3 N–H and O–H groups in total. The predicted molar refractivity (Wildman–Crippen MR) is 71.8 cm³/mol. The second kappa shape index (κ2) is 7.11. The molecule has 0 aromatic carbocycles. The van der Waals surface area contributed by atoms with E-state index < -0.39 is 11.9 Å². The molecule has 1 heterocycles. The maximum atomic E-state index is 12.6. The second-order valence-electron chi connectivity index (χ2n) is 4.32. The Morgan fingerprint density at radius 2 is 2.19 bits per heavy atom. The minimum absolute atomic E-state index is 0.0650. The molecule has 1 rings (SSSR count). The summed E-state index contributed by atoms with van der Waals surface area (Å²) < 4.78 is 42.6. The van der Waals surface area contributed by atoms with E-state index in [1.54, 1.807) is 0 Å². The molecule has 9 heteroatoms. The van der Waals surface area contributed by atoms with Crippen LogP contribution in [0.5, 0.6) is 0 Å². The molecule has 0 unspecified atom stereocenters. The van der Waals surface area contributed by atoms with Crippen LogP contribution in [0.2, 0.25) is 0 Å². The summed E-state index contributed by atoms with van der Waals surface area (Å²) in [6.45, 7) is 0.545. The van der Waals surface area contributed by atoms with Crippen molar-refractivity contribution in [2.45, 2.75) is 6.18 Å². The molecule has 0 atom stereocenters. The van der Waals surface area contributed by atoms with E-state index in [0.717, 1.165) is 12.3 Å². The number of ether oxygens (including phenoxy) is 1. The van der Waals surface area contributed by atoms with E-state index in [1.165, 1.54) is 19.1 Å². The van der Waals surface area contributed by atoms with Crippen LogP contribution >= 0.6 is 0 Å². The molecule has 0 saturated heterocycles. The topological polar surface area (TPSA) is 80.5 Å². The summed E-state index contributed by atoms with van der Waals surface area (Å²) in [5, 5.41) is 2.56. The molecular weight excluding hydrogens is 289 g/mol. The van der Waals surface area contributed by atoms with Gasteiger partial charge in [0, 0.05) is 20.7 Å². The van der Waals surface area contributed by atoms with Crippen LogP contribution < -0.4 is 16.0 Å². The van der Waals surface area contributed by atoms with Crippen LogP contribution in [-0.4, -0.2) is 44.7 Å². The molecular formula is C12H17F3N4O2. The molecule has 0 fully saturated rings. The largest absolute Gasteiger partial charge is 0.433 e. The fraction of sp³-hybridized carbons (Fsp3) is 0.500. The van der Waals surface area contributed by atoms with Crippen molar-refractivity contribution in [1.29, 1.82) is 0 Å². The maximum absolute atomic E-state index is 12.6.